The summed E-state index contributed by atoms with van der Waals surface area (Å²) in [6, 6.07) is 15.0. The van der Waals surface area contributed by atoms with Crippen molar-refractivity contribution in [3.05, 3.63) is 58.9 Å². The minimum absolute atomic E-state index is 0.0613. The van der Waals surface area contributed by atoms with E-state index in [9.17, 15) is 4.79 Å². The molecule has 0 unspecified atom stereocenters. The van der Waals surface area contributed by atoms with Crippen LogP contribution in [0.3, 0.4) is 0 Å². The van der Waals surface area contributed by atoms with E-state index in [0.717, 1.165) is 24.2 Å². The van der Waals surface area contributed by atoms with Gasteiger partial charge in [-0.1, -0.05) is 18.2 Å². The maximum absolute atomic E-state index is 12.3. The minimum Gasteiger partial charge on any atom is -0.480 e. The van der Waals surface area contributed by atoms with Crippen molar-refractivity contribution in [2.75, 3.05) is 20.3 Å². The average molecular weight is 352 g/mol. The quantitative estimate of drug-likeness (QED) is 0.721. The van der Waals surface area contributed by atoms with Crippen LogP contribution < -0.4 is 10.3 Å². The van der Waals surface area contributed by atoms with Gasteiger partial charge in [0.1, 0.15) is 5.69 Å². The van der Waals surface area contributed by atoms with Crippen molar-refractivity contribution < 1.29 is 9.47 Å². The van der Waals surface area contributed by atoms with Gasteiger partial charge >= 0.3 is 0 Å². The van der Waals surface area contributed by atoms with Gasteiger partial charge in [0.25, 0.3) is 5.56 Å². The molecule has 7 heteroatoms. The molecule has 1 aromatic carbocycles. The Balaban J connectivity index is 1.80. The normalized spacial score (nSPS) is 15.1. The van der Waals surface area contributed by atoms with Crippen molar-refractivity contribution in [2.45, 2.75) is 18.9 Å². The first-order valence-corrected chi connectivity index (χ1v) is 8.64. The van der Waals surface area contributed by atoms with Gasteiger partial charge in [-0.3, -0.25) is 4.79 Å². The van der Waals surface area contributed by atoms with Crippen LogP contribution in [0.2, 0.25) is 0 Å². The predicted octanol–water partition coefficient (Wildman–Crippen LogP) is 2.46. The zero-order valence-electron chi connectivity index (χ0n) is 14.5. The minimum atomic E-state index is -0.0987. The topological polar surface area (TPSA) is 71.2 Å². The molecule has 0 spiro atoms. The molecule has 1 fully saturated rings. The fourth-order valence-corrected chi connectivity index (χ4v) is 3.16. The first kappa shape index (κ1) is 16.5. The smallest absolute Gasteiger partial charge is 0.267 e. The molecule has 1 saturated heterocycles. The highest BCUT2D eigenvalue weighted by Gasteiger charge is 2.20. The fraction of sp³-hybridized carbons (Fsp3) is 0.316. The molecule has 0 amide bonds. The number of para-hydroxylation sites is 1. The van der Waals surface area contributed by atoms with Gasteiger partial charge in [0.15, 0.2) is 0 Å². The lowest BCUT2D eigenvalue weighted by Crippen LogP contribution is -2.31. The Morgan fingerprint density at radius 3 is 2.58 bits per heavy atom. The molecule has 2 aromatic heterocycles. The molecule has 1 aliphatic rings. The zero-order valence-corrected chi connectivity index (χ0v) is 14.5. The highest BCUT2D eigenvalue weighted by Crippen LogP contribution is 2.26. The van der Waals surface area contributed by atoms with Gasteiger partial charge in [0, 0.05) is 25.3 Å². The number of aromatic nitrogens is 4. The molecule has 0 atom stereocenters. The van der Waals surface area contributed by atoms with E-state index in [-0.39, 0.29) is 11.6 Å². The molecule has 7 nitrogen and oxygen atoms in total. The molecule has 4 rings (SSSR count). The molecule has 0 bridgehead atoms. The van der Waals surface area contributed by atoms with Crippen LogP contribution in [0.5, 0.6) is 5.88 Å². The van der Waals surface area contributed by atoms with Crippen molar-refractivity contribution in [2.24, 2.45) is 0 Å². The maximum Gasteiger partial charge on any atom is 0.267 e. The van der Waals surface area contributed by atoms with Crippen molar-refractivity contribution >= 4 is 0 Å². The Morgan fingerprint density at radius 1 is 1.08 bits per heavy atom. The van der Waals surface area contributed by atoms with Gasteiger partial charge in [-0.05, 0) is 31.0 Å². The van der Waals surface area contributed by atoms with Crippen LogP contribution in [-0.4, -0.2) is 39.9 Å². The van der Waals surface area contributed by atoms with Crippen LogP contribution >= 0.6 is 0 Å². The third-order valence-corrected chi connectivity index (χ3v) is 4.52. The first-order valence-electron chi connectivity index (χ1n) is 8.64. The summed E-state index contributed by atoms with van der Waals surface area (Å²) in [7, 11) is 1.58. The third-order valence-electron chi connectivity index (χ3n) is 4.52. The van der Waals surface area contributed by atoms with E-state index in [1.165, 1.54) is 0 Å². The molecular weight excluding hydrogens is 332 g/mol. The van der Waals surface area contributed by atoms with E-state index in [1.54, 1.807) is 28.6 Å². The second-order valence-electron chi connectivity index (χ2n) is 6.16. The lowest BCUT2D eigenvalue weighted by molar-refractivity contribution is 0.0649. The lowest BCUT2D eigenvalue weighted by Gasteiger charge is -2.23. The van der Waals surface area contributed by atoms with Gasteiger partial charge in [0.2, 0.25) is 5.88 Å². The van der Waals surface area contributed by atoms with E-state index < -0.39 is 0 Å². The van der Waals surface area contributed by atoms with Crippen LogP contribution in [0.25, 0.3) is 17.1 Å². The number of benzene rings is 1. The second-order valence-corrected chi connectivity index (χ2v) is 6.16. The van der Waals surface area contributed by atoms with Gasteiger partial charge in [0.05, 0.1) is 24.5 Å². The van der Waals surface area contributed by atoms with Crippen LogP contribution in [0.1, 0.15) is 18.9 Å². The van der Waals surface area contributed by atoms with E-state index in [2.05, 4.69) is 10.2 Å². The summed E-state index contributed by atoms with van der Waals surface area (Å²) >= 11 is 0. The Labute approximate surface area is 150 Å². The van der Waals surface area contributed by atoms with Gasteiger partial charge < -0.3 is 9.47 Å². The Morgan fingerprint density at radius 2 is 1.85 bits per heavy atom. The van der Waals surface area contributed by atoms with Gasteiger partial charge in [-0.2, -0.15) is 5.10 Å². The zero-order chi connectivity index (χ0) is 17.9. The molecule has 134 valence electrons. The molecular formula is C19H20N4O3. The average Bonchev–Trinajstić information content (AvgIpc) is 3.14. The standard InChI is InChI=1S/C19H20N4O3/c1-25-18-13-17(22(21-18)14-5-3-2-4-6-14)16-7-8-19(24)23(20-16)15-9-11-26-12-10-15/h2-8,13,15H,9-12H2,1H3. The molecule has 0 saturated carbocycles. The Kier molecular flexibility index (Phi) is 4.53. The summed E-state index contributed by atoms with van der Waals surface area (Å²) in [6.45, 7) is 1.30. The number of methoxy groups -OCH3 is 1. The lowest BCUT2D eigenvalue weighted by atomic mass is 10.1. The monoisotopic (exact) mass is 352 g/mol. The number of nitrogens with zero attached hydrogens (tertiary/aromatic N) is 4. The largest absolute Gasteiger partial charge is 0.480 e. The van der Waals surface area contributed by atoms with E-state index in [1.807, 2.05) is 36.4 Å². The fourth-order valence-electron chi connectivity index (χ4n) is 3.16. The number of ether oxygens (including phenoxy) is 2. The Hall–Kier alpha value is -2.93. The summed E-state index contributed by atoms with van der Waals surface area (Å²) in [5.41, 5.74) is 2.25. The van der Waals surface area contributed by atoms with Crippen molar-refractivity contribution in [3.8, 4) is 23.0 Å². The molecule has 26 heavy (non-hydrogen) atoms. The molecule has 3 aromatic rings. The molecule has 0 radical (unpaired) electrons. The molecule has 0 aliphatic carbocycles. The predicted molar refractivity (Wildman–Crippen MR) is 96.7 cm³/mol. The summed E-state index contributed by atoms with van der Waals surface area (Å²) in [6.07, 6.45) is 1.58. The van der Waals surface area contributed by atoms with Gasteiger partial charge in [-0.25, -0.2) is 9.36 Å². The van der Waals surface area contributed by atoms with E-state index in [0.29, 0.717) is 24.8 Å². The number of hydrogen-bond acceptors (Lipinski definition) is 5. The molecule has 3 heterocycles. The third kappa shape index (κ3) is 3.13. The van der Waals surface area contributed by atoms with Crippen LogP contribution in [0, 0.1) is 0 Å². The van der Waals surface area contributed by atoms with E-state index >= 15 is 0 Å². The summed E-state index contributed by atoms with van der Waals surface area (Å²) in [5.74, 6) is 0.495. The van der Waals surface area contributed by atoms with Crippen LogP contribution in [-0.2, 0) is 4.74 Å². The summed E-state index contributed by atoms with van der Waals surface area (Å²) in [5, 5.41) is 9.12. The highest BCUT2D eigenvalue weighted by atomic mass is 16.5. The SMILES string of the molecule is COc1cc(-c2ccc(=O)n(C3CCOCC3)n2)n(-c2ccccc2)n1. The summed E-state index contributed by atoms with van der Waals surface area (Å²) < 4.78 is 14.1. The second kappa shape index (κ2) is 7.13. The van der Waals surface area contributed by atoms with Crippen molar-refractivity contribution in [3.63, 3.8) is 0 Å². The Bertz CT molecular complexity index is 943. The van der Waals surface area contributed by atoms with Crippen LogP contribution in [0.4, 0.5) is 0 Å². The number of rotatable bonds is 4. The van der Waals surface area contributed by atoms with Crippen LogP contribution in [0.15, 0.2) is 53.3 Å². The van der Waals surface area contributed by atoms with Crippen molar-refractivity contribution in [1.82, 2.24) is 19.6 Å². The molecule has 0 N–H and O–H groups in total. The van der Waals surface area contributed by atoms with E-state index in [4.69, 9.17) is 9.47 Å². The number of hydrogen-bond donors (Lipinski definition) is 0. The van der Waals surface area contributed by atoms with Gasteiger partial charge in [-0.15, -0.1) is 5.10 Å². The first-order chi connectivity index (χ1) is 12.8. The van der Waals surface area contributed by atoms with Crippen molar-refractivity contribution in [1.29, 1.82) is 0 Å². The summed E-state index contributed by atoms with van der Waals surface area (Å²) in [4.78, 5) is 12.3. The highest BCUT2D eigenvalue weighted by molar-refractivity contribution is 5.59. The maximum atomic E-state index is 12.3. The molecule has 1 aliphatic heterocycles.